The Hall–Kier alpha value is -5.70. The molecular formula is C31H19NO8. The number of nitrogens with zero attached hydrogens (tertiary/aromatic N) is 1. The van der Waals surface area contributed by atoms with Crippen molar-refractivity contribution in [1.82, 2.24) is 0 Å². The normalized spacial score (nSPS) is 13.2. The number of non-ortho nitro benzene ring substituents is 1. The van der Waals surface area contributed by atoms with Crippen LogP contribution in [0.3, 0.4) is 0 Å². The molecular weight excluding hydrogens is 514 g/mol. The molecule has 0 bridgehead atoms. The molecule has 4 aromatic carbocycles. The maximum absolute atomic E-state index is 13.5. The molecule has 0 unspecified atom stereocenters. The topological polar surface area (TPSA) is 118 Å². The number of nitro groups is 1. The van der Waals surface area contributed by atoms with Gasteiger partial charge in [0.1, 0.15) is 34.2 Å². The Labute approximate surface area is 227 Å². The van der Waals surface area contributed by atoms with Gasteiger partial charge in [-0.15, -0.1) is 0 Å². The number of allylic oxidation sites excluding steroid dienone is 1. The highest BCUT2D eigenvalue weighted by molar-refractivity contribution is 6.15. The Morgan fingerprint density at radius 2 is 1.73 bits per heavy atom. The number of carbonyl (C=O) groups excluding carboxylic acids is 2. The average Bonchev–Trinajstić information content (AvgIpc) is 3.50. The fourth-order valence-corrected chi connectivity index (χ4v) is 4.47. The van der Waals surface area contributed by atoms with E-state index in [9.17, 15) is 19.7 Å². The number of hydrogen-bond acceptors (Lipinski definition) is 8. The largest absolute Gasteiger partial charge is 0.497 e. The summed E-state index contributed by atoms with van der Waals surface area (Å²) >= 11 is 0. The second-order valence-electron chi connectivity index (χ2n) is 8.87. The van der Waals surface area contributed by atoms with E-state index in [1.807, 2.05) is 30.3 Å². The van der Waals surface area contributed by atoms with E-state index in [-0.39, 0.29) is 34.1 Å². The van der Waals surface area contributed by atoms with Gasteiger partial charge in [0.15, 0.2) is 5.76 Å². The first-order valence-corrected chi connectivity index (χ1v) is 12.1. The molecule has 2 heterocycles. The fraction of sp³-hybridized carbons (Fsp3) is 0.0323. The van der Waals surface area contributed by atoms with E-state index in [4.69, 9.17) is 18.6 Å². The highest BCUT2D eigenvalue weighted by Gasteiger charge is 2.29. The van der Waals surface area contributed by atoms with Gasteiger partial charge in [0.05, 0.1) is 17.6 Å². The van der Waals surface area contributed by atoms with Gasteiger partial charge < -0.3 is 18.6 Å². The number of benzene rings is 4. The van der Waals surface area contributed by atoms with Crippen LogP contribution in [0.4, 0.5) is 5.69 Å². The minimum Gasteiger partial charge on any atom is -0.497 e. The van der Waals surface area contributed by atoms with Gasteiger partial charge in [-0.3, -0.25) is 14.9 Å². The zero-order chi connectivity index (χ0) is 27.8. The number of carbonyl (C=O) groups is 2. The molecule has 0 radical (unpaired) electrons. The lowest BCUT2D eigenvalue weighted by atomic mass is 10.1. The Morgan fingerprint density at radius 3 is 2.50 bits per heavy atom. The van der Waals surface area contributed by atoms with Gasteiger partial charge in [-0.05, 0) is 42.0 Å². The maximum atomic E-state index is 13.5. The van der Waals surface area contributed by atoms with Crippen molar-refractivity contribution >= 4 is 34.5 Å². The van der Waals surface area contributed by atoms with E-state index in [0.717, 1.165) is 0 Å². The Morgan fingerprint density at radius 1 is 0.925 bits per heavy atom. The number of methoxy groups -OCH3 is 1. The van der Waals surface area contributed by atoms with Crippen LogP contribution in [0, 0.1) is 10.1 Å². The first-order valence-electron chi connectivity index (χ1n) is 12.1. The molecule has 0 amide bonds. The molecule has 1 aliphatic rings. The van der Waals surface area contributed by atoms with Crippen LogP contribution in [0.1, 0.15) is 26.3 Å². The average molecular weight is 533 g/mol. The van der Waals surface area contributed by atoms with E-state index >= 15 is 0 Å². The van der Waals surface area contributed by atoms with Crippen molar-refractivity contribution in [3.63, 3.8) is 0 Å². The summed E-state index contributed by atoms with van der Waals surface area (Å²) in [6.45, 7) is 0. The van der Waals surface area contributed by atoms with Crippen LogP contribution >= 0.6 is 0 Å². The van der Waals surface area contributed by atoms with Crippen molar-refractivity contribution in [2.75, 3.05) is 7.11 Å². The standard InChI is InChI=1S/C31H19NO8/c1-37-21-11-13-25-24(16-21)28(30(40-25)19-7-3-2-4-8-19)31(34)38-22-10-12-23-26(17-22)39-27(29(23)33)15-18-6-5-9-20(14-18)32(35)36/h2-17H,1H3. The molecule has 0 saturated heterocycles. The summed E-state index contributed by atoms with van der Waals surface area (Å²) < 4.78 is 22.9. The summed E-state index contributed by atoms with van der Waals surface area (Å²) in [6, 6.07) is 24.7. The van der Waals surface area contributed by atoms with E-state index in [1.165, 1.54) is 49.6 Å². The number of nitro benzene ring substituents is 1. The summed E-state index contributed by atoms with van der Waals surface area (Å²) in [6.07, 6.45) is 1.43. The molecule has 6 rings (SSSR count). The number of hydrogen-bond donors (Lipinski definition) is 0. The first kappa shape index (κ1) is 24.6. The zero-order valence-electron chi connectivity index (χ0n) is 21.0. The van der Waals surface area contributed by atoms with Crippen LogP contribution in [-0.4, -0.2) is 23.8 Å². The molecule has 0 N–H and O–H groups in total. The highest BCUT2D eigenvalue weighted by Crippen LogP contribution is 2.38. The quantitative estimate of drug-likeness (QED) is 0.0764. The lowest BCUT2D eigenvalue weighted by Gasteiger charge is -2.07. The van der Waals surface area contributed by atoms with E-state index < -0.39 is 16.7 Å². The number of furan rings is 1. The van der Waals surface area contributed by atoms with Gasteiger partial charge >= 0.3 is 5.97 Å². The van der Waals surface area contributed by atoms with Crippen molar-refractivity contribution in [2.45, 2.75) is 0 Å². The second-order valence-corrected chi connectivity index (χ2v) is 8.87. The van der Waals surface area contributed by atoms with E-state index in [0.29, 0.717) is 33.6 Å². The van der Waals surface area contributed by atoms with Gasteiger partial charge in [0, 0.05) is 29.1 Å². The smallest absolute Gasteiger partial charge is 0.348 e. The molecule has 9 heteroatoms. The summed E-state index contributed by atoms with van der Waals surface area (Å²) in [4.78, 5) is 37.0. The van der Waals surface area contributed by atoms with Crippen molar-refractivity contribution in [3.05, 3.63) is 124 Å². The monoisotopic (exact) mass is 533 g/mol. The molecule has 40 heavy (non-hydrogen) atoms. The van der Waals surface area contributed by atoms with Crippen molar-refractivity contribution in [1.29, 1.82) is 0 Å². The predicted octanol–water partition coefficient (Wildman–Crippen LogP) is 6.85. The molecule has 0 spiro atoms. The third-order valence-electron chi connectivity index (χ3n) is 6.37. The fourth-order valence-electron chi connectivity index (χ4n) is 4.47. The van der Waals surface area contributed by atoms with Gasteiger partial charge in [0.2, 0.25) is 5.78 Å². The molecule has 1 aromatic heterocycles. The molecule has 0 saturated carbocycles. The van der Waals surface area contributed by atoms with Crippen LogP contribution in [0.25, 0.3) is 28.4 Å². The minimum atomic E-state index is -0.664. The summed E-state index contributed by atoms with van der Waals surface area (Å²) in [5.74, 6) is 0.205. The Bertz CT molecular complexity index is 1850. The van der Waals surface area contributed by atoms with Crippen molar-refractivity contribution in [2.24, 2.45) is 0 Å². The third kappa shape index (κ3) is 4.45. The molecule has 0 aliphatic carbocycles. The molecule has 5 aromatic rings. The SMILES string of the molecule is COc1ccc2oc(-c3ccccc3)c(C(=O)Oc3ccc4c(c3)OC(=Cc3cccc([N+](=O)[O-])c3)C4=O)c2c1. The molecule has 196 valence electrons. The first-order chi connectivity index (χ1) is 19.4. The van der Waals surface area contributed by atoms with Gasteiger partial charge in [-0.25, -0.2) is 4.79 Å². The predicted molar refractivity (Wildman–Crippen MR) is 146 cm³/mol. The second kappa shape index (κ2) is 9.88. The van der Waals surface area contributed by atoms with Crippen LogP contribution in [0.15, 0.2) is 101 Å². The number of ketones is 1. The van der Waals surface area contributed by atoms with Crippen molar-refractivity contribution < 1.29 is 33.1 Å². The molecule has 9 nitrogen and oxygen atoms in total. The number of Topliss-reactive ketones (excluding diaryl/α,β-unsaturated/α-hetero) is 1. The maximum Gasteiger partial charge on any atom is 0.348 e. The number of ether oxygens (including phenoxy) is 3. The van der Waals surface area contributed by atoms with Gasteiger partial charge in [0.25, 0.3) is 5.69 Å². The lowest BCUT2D eigenvalue weighted by molar-refractivity contribution is -0.384. The van der Waals surface area contributed by atoms with Crippen LogP contribution in [0.2, 0.25) is 0 Å². The summed E-state index contributed by atoms with van der Waals surface area (Å²) in [7, 11) is 1.53. The van der Waals surface area contributed by atoms with E-state index in [1.54, 1.807) is 24.3 Å². The summed E-state index contributed by atoms with van der Waals surface area (Å²) in [5, 5.41) is 11.6. The van der Waals surface area contributed by atoms with Gasteiger partial charge in [-0.1, -0.05) is 42.5 Å². The van der Waals surface area contributed by atoms with E-state index in [2.05, 4.69) is 0 Å². The minimum absolute atomic E-state index is 0.00161. The molecule has 0 atom stereocenters. The molecule has 0 fully saturated rings. The van der Waals surface area contributed by atoms with Crippen molar-refractivity contribution in [3.8, 4) is 28.6 Å². The number of rotatable bonds is 6. The van der Waals surface area contributed by atoms with Crippen LogP contribution in [-0.2, 0) is 0 Å². The van der Waals surface area contributed by atoms with Crippen LogP contribution in [0.5, 0.6) is 17.2 Å². The Balaban J connectivity index is 1.32. The Kier molecular flexibility index (Phi) is 6.08. The number of esters is 1. The molecule has 1 aliphatic heterocycles. The third-order valence-corrected chi connectivity index (χ3v) is 6.37. The zero-order valence-corrected chi connectivity index (χ0v) is 21.0. The lowest BCUT2D eigenvalue weighted by Crippen LogP contribution is -2.09. The van der Waals surface area contributed by atoms with Crippen LogP contribution < -0.4 is 14.2 Å². The number of fused-ring (bicyclic) bond motifs is 2. The highest BCUT2D eigenvalue weighted by atomic mass is 16.6. The van der Waals surface area contributed by atoms with Gasteiger partial charge in [-0.2, -0.15) is 0 Å². The summed E-state index contributed by atoms with van der Waals surface area (Å²) in [5.41, 5.74) is 2.02.